The highest BCUT2D eigenvalue weighted by atomic mass is 35.5. The van der Waals surface area contributed by atoms with Crippen LogP contribution in [0.3, 0.4) is 0 Å². The smallest absolute Gasteiger partial charge is 0.212 e. The van der Waals surface area contributed by atoms with E-state index in [1.165, 1.54) is 0 Å². The summed E-state index contributed by atoms with van der Waals surface area (Å²) in [5, 5.41) is 19.8. The number of carbonyl (C=O) groups is 1. The molecule has 1 aromatic carbocycles. The second-order valence-electron chi connectivity index (χ2n) is 6.19. The summed E-state index contributed by atoms with van der Waals surface area (Å²) in [4.78, 5) is 16.0. The van der Waals surface area contributed by atoms with Crippen LogP contribution in [0.1, 0.15) is 29.2 Å². The first-order valence-corrected chi connectivity index (χ1v) is 8.65. The first kappa shape index (κ1) is 18.8. The Labute approximate surface area is 156 Å². The Morgan fingerprint density at radius 2 is 2.15 bits per heavy atom. The number of halogens is 1. The van der Waals surface area contributed by atoms with Crippen molar-refractivity contribution < 1.29 is 24.5 Å². The number of hydrogen-bond donors (Lipinski definition) is 2. The van der Waals surface area contributed by atoms with Gasteiger partial charge in [-0.15, -0.1) is 0 Å². The highest BCUT2D eigenvalue weighted by molar-refractivity contribution is 6.31. The van der Waals surface area contributed by atoms with Gasteiger partial charge in [0, 0.05) is 30.1 Å². The van der Waals surface area contributed by atoms with Gasteiger partial charge in [0.25, 0.3) is 0 Å². The molecule has 0 amide bonds. The van der Waals surface area contributed by atoms with Gasteiger partial charge in [-0.3, -0.25) is 4.79 Å². The molecule has 3 atom stereocenters. The van der Waals surface area contributed by atoms with Crippen LogP contribution in [0.2, 0.25) is 5.02 Å². The molecule has 0 unspecified atom stereocenters. The van der Waals surface area contributed by atoms with Crippen LogP contribution in [0.15, 0.2) is 36.5 Å². The molecule has 0 radical (unpaired) electrons. The molecule has 3 rings (SSSR count). The van der Waals surface area contributed by atoms with Gasteiger partial charge in [-0.05, 0) is 22.8 Å². The molecule has 138 valence electrons. The minimum atomic E-state index is -1.14. The molecule has 0 aliphatic carbocycles. The van der Waals surface area contributed by atoms with Gasteiger partial charge in [-0.2, -0.15) is 0 Å². The van der Waals surface area contributed by atoms with E-state index in [2.05, 4.69) is 4.98 Å². The largest absolute Gasteiger partial charge is 0.481 e. The van der Waals surface area contributed by atoms with Crippen molar-refractivity contribution in [1.82, 2.24) is 4.98 Å². The Morgan fingerprint density at radius 1 is 1.35 bits per heavy atom. The lowest BCUT2D eigenvalue weighted by Gasteiger charge is -2.31. The van der Waals surface area contributed by atoms with Gasteiger partial charge in [0.2, 0.25) is 5.88 Å². The molecule has 2 N–H and O–H groups in total. The number of aromatic nitrogens is 1. The van der Waals surface area contributed by atoms with E-state index in [0.29, 0.717) is 17.3 Å². The second-order valence-corrected chi connectivity index (χ2v) is 6.59. The fourth-order valence-corrected chi connectivity index (χ4v) is 3.17. The standard InChI is InChI=1S/C19H20ClNO5/c1-25-18-5-2-11(9-21-18)6-13-7-12(3-4-14(13)20)16-8-15(23)19(24)17(10-22)26-16/h2-5,7,9,15-17,22-23H,6,8,10H2,1H3/t15-,16-,17-/m1/s1. The molecule has 6 nitrogen and oxygen atoms in total. The maximum absolute atomic E-state index is 11.8. The predicted octanol–water partition coefficient (Wildman–Crippen LogP) is 2.09. The van der Waals surface area contributed by atoms with Crippen LogP contribution in [0, 0.1) is 0 Å². The summed E-state index contributed by atoms with van der Waals surface area (Å²) >= 11 is 6.32. The van der Waals surface area contributed by atoms with Crippen LogP contribution in [0.4, 0.5) is 0 Å². The Bertz CT molecular complexity index is 780. The topological polar surface area (TPSA) is 88.9 Å². The normalized spacial score (nSPS) is 23.1. The maximum Gasteiger partial charge on any atom is 0.212 e. The summed E-state index contributed by atoms with van der Waals surface area (Å²) in [6, 6.07) is 9.17. The molecule has 1 aliphatic heterocycles. The fraction of sp³-hybridized carbons (Fsp3) is 0.368. The van der Waals surface area contributed by atoms with Crippen LogP contribution in [0.25, 0.3) is 0 Å². The lowest BCUT2D eigenvalue weighted by Crippen LogP contribution is -2.43. The molecule has 1 saturated heterocycles. The maximum atomic E-state index is 11.8. The Kier molecular flexibility index (Phi) is 5.88. The third-order valence-electron chi connectivity index (χ3n) is 4.42. The van der Waals surface area contributed by atoms with Crippen LogP contribution < -0.4 is 4.74 Å². The Balaban J connectivity index is 1.81. The first-order chi connectivity index (χ1) is 12.5. The number of ketones is 1. The van der Waals surface area contributed by atoms with Crippen molar-refractivity contribution >= 4 is 17.4 Å². The highest BCUT2D eigenvalue weighted by Gasteiger charge is 2.36. The lowest BCUT2D eigenvalue weighted by atomic mass is 9.93. The number of pyridine rings is 1. The minimum Gasteiger partial charge on any atom is -0.481 e. The first-order valence-electron chi connectivity index (χ1n) is 8.27. The van der Waals surface area contributed by atoms with Crippen LogP contribution in [-0.4, -0.2) is 46.9 Å². The third-order valence-corrected chi connectivity index (χ3v) is 4.79. The quantitative estimate of drug-likeness (QED) is 0.829. The van der Waals surface area contributed by atoms with E-state index >= 15 is 0 Å². The summed E-state index contributed by atoms with van der Waals surface area (Å²) < 4.78 is 10.7. The van der Waals surface area contributed by atoms with Crippen LogP contribution in [-0.2, 0) is 16.0 Å². The second kappa shape index (κ2) is 8.14. The number of aliphatic hydroxyl groups excluding tert-OH is 2. The van der Waals surface area contributed by atoms with Crippen molar-refractivity contribution in [3.63, 3.8) is 0 Å². The highest BCUT2D eigenvalue weighted by Crippen LogP contribution is 2.32. The van der Waals surface area contributed by atoms with E-state index in [4.69, 9.17) is 21.1 Å². The van der Waals surface area contributed by atoms with Crippen molar-refractivity contribution in [2.45, 2.75) is 31.2 Å². The van der Waals surface area contributed by atoms with Crippen molar-refractivity contribution in [2.75, 3.05) is 13.7 Å². The number of nitrogens with zero attached hydrogens (tertiary/aromatic N) is 1. The molecule has 1 fully saturated rings. The van der Waals surface area contributed by atoms with E-state index < -0.39 is 30.7 Å². The molecule has 1 aromatic heterocycles. The van der Waals surface area contributed by atoms with E-state index in [1.807, 2.05) is 12.1 Å². The van der Waals surface area contributed by atoms with Gasteiger partial charge in [0.05, 0.1) is 19.8 Å². The molecule has 0 bridgehead atoms. The molecule has 2 aromatic rings. The summed E-state index contributed by atoms with van der Waals surface area (Å²) in [7, 11) is 1.56. The minimum absolute atomic E-state index is 0.153. The summed E-state index contributed by atoms with van der Waals surface area (Å²) in [5.41, 5.74) is 2.65. The van der Waals surface area contributed by atoms with Crippen molar-refractivity contribution in [2.24, 2.45) is 0 Å². The molecule has 26 heavy (non-hydrogen) atoms. The summed E-state index contributed by atoms with van der Waals surface area (Å²) in [6.07, 6.45) is -0.181. The molecule has 0 spiro atoms. The molecule has 7 heteroatoms. The average Bonchev–Trinajstić information content (AvgIpc) is 2.66. The van der Waals surface area contributed by atoms with Gasteiger partial charge >= 0.3 is 0 Å². The number of aliphatic hydroxyl groups is 2. The SMILES string of the molecule is COc1ccc(Cc2cc([C@H]3C[C@@H](O)C(=O)[C@@H](CO)O3)ccc2Cl)cn1. The van der Waals surface area contributed by atoms with Crippen LogP contribution >= 0.6 is 11.6 Å². The van der Waals surface area contributed by atoms with E-state index in [9.17, 15) is 15.0 Å². The molecular weight excluding hydrogens is 358 g/mol. The van der Waals surface area contributed by atoms with Gasteiger partial charge in [-0.25, -0.2) is 4.98 Å². The fourth-order valence-electron chi connectivity index (χ4n) is 2.99. The molecule has 1 aliphatic rings. The predicted molar refractivity (Wildman–Crippen MR) is 95.4 cm³/mol. The summed E-state index contributed by atoms with van der Waals surface area (Å²) in [5.74, 6) is 0.0557. The van der Waals surface area contributed by atoms with Crippen molar-refractivity contribution in [3.05, 3.63) is 58.2 Å². The monoisotopic (exact) mass is 377 g/mol. The number of carbonyl (C=O) groups excluding carboxylic acids is 1. The Morgan fingerprint density at radius 3 is 2.81 bits per heavy atom. The lowest BCUT2D eigenvalue weighted by molar-refractivity contribution is -0.161. The number of ether oxygens (including phenoxy) is 2. The number of methoxy groups -OCH3 is 1. The molecule has 2 heterocycles. The van der Waals surface area contributed by atoms with Gasteiger partial charge in [-0.1, -0.05) is 29.8 Å². The zero-order valence-electron chi connectivity index (χ0n) is 14.3. The molecule has 0 saturated carbocycles. The third kappa shape index (κ3) is 4.04. The van der Waals surface area contributed by atoms with Crippen LogP contribution in [0.5, 0.6) is 5.88 Å². The zero-order chi connectivity index (χ0) is 18.7. The number of rotatable bonds is 5. The number of hydrogen-bond acceptors (Lipinski definition) is 6. The van der Waals surface area contributed by atoms with Crippen molar-refractivity contribution in [1.29, 1.82) is 0 Å². The van der Waals surface area contributed by atoms with Crippen molar-refractivity contribution in [3.8, 4) is 5.88 Å². The average molecular weight is 378 g/mol. The van der Waals surface area contributed by atoms with Gasteiger partial charge in [0.1, 0.15) is 12.2 Å². The van der Waals surface area contributed by atoms with Gasteiger partial charge in [0.15, 0.2) is 5.78 Å². The molecular formula is C19H20ClNO5. The summed E-state index contributed by atoms with van der Waals surface area (Å²) in [6.45, 7) is -0.454. The Hall–Kier alpha value is -1.99. The van der Waals surface area contributed by atoms with E-state index in [0.717, 1.165) is 16.7 Å². The zero-order valence-corrected chi connectivity index (χ0v) is 15.0. The number of Topliss-reactive ketones (excluding diaryl/α,β-unsaturated/α-hetero) is 1. The van der Waals surface area contributed by atoms with Gasteiger partial charge < -0.3 is 19.7 Å². The van der Waals surface area contributed by atoms with E-state index in [1.54, 1.807) is 31.5 Å². The number of benzene rings is 1. The van der Waals surface area contributed by atoms with E-state index in [-0.39, 0.29) is 6.42 Å².